The fourth-order valence-electron chi connectivity index (χ4n) is 19.0. The zero-order valence-electron chi connectivity index (χ0n) is 65.0. The van der Waals surface area contributed by atoms with Crippen LogP contribution in [0.1, 0.15) is 173 Å². The molecule has 0 bridgehead atoms. The molecule has 20 rings (SSSR count). The van der Waals surface area contributed by atoms with Crippen LogP contribution < -0.4 is 59.8 Å². The average Bonchev–Trinajstić information content (AvgIpc) is 1.62. The Bertz CT molecular complexity index is 5490. The number of hydrogen-bond donors (Lipinski definition) is 10. The third kappa shape index (κ3) is 15.9. The minimum absolute atomic E-state index is 0.0251. The third-order valence-electron chi connectivity index (χ3n) is 24.2. The minimum Gasteiger partial charge on any atom is -0.477 e. The van der Waals surface area contributed by atoms with Gasteiger partial charge < -0.3 is 45.3 Å². The van der Waals surface area contributed by atoms with Gasteiger partial charge in [-0.3, -0.25) is 5.43 Å². The molecule has 8 heterocycles. The third-order valence-corrected chi connectivity index (χ3v) is 29.8. The number of benzene rings is 4. The van der Waals surface area contributed by atoms with Crippen LogP contribution in [0.2, 0.25) is 0 Å². The molecule has 8 amide bonds. The van der Waals surface area contributed by atoms with Gasteiger partial charge in [0, 0.05) is 47.8 Å². The predicted octanol–water partition coefficient (Wildman–Crippen LogP) is 7.51. The fourth-order valence-corrected chi connectivity index (χ4v) is 23.2. The number of ether oxygens (including phenoxy) is 4. The molecule has 33 nitrogen and oxygen atoms in total. The molecule has 4 aromatic carbocycles. The van der Waals surface area contributed by atoms with Gasteiger partial charge in [-0.25, -0.2) is 90.8 Å². The number of nitrogens with one attached hydrogen (secondary N) is 9. The van der Waals surface area contributed by atoms with Crippen LogP contribution in [-0.4, -0.2) is 154 Å². The lowest BCUT2D eigenvalue weighted by molar-refractivity contribution is -0.0867. The lowest BCUT2D eigenvalue weighted by Crippen LogP contribution is -2.50. The first-order valence-electron chi connectivity index (χ1n) is 40.6. The van der Waals surface area contributed by atoms with Gasteiger partial charge in [-0.2, -0.15) is 15.3 Å². The zero-order valence-corrected chi connectivity index (χ0v) is 68.2. The molecule has 3 atom stereocenters. The van der Waals surface area contributed by atoms with E-state index in [0.717, 1.165) is 242 Å². The number of nitrogens with zero attached hydrogens (tertiary/aromatic N) is 7. The smallest absolute Gasteiger partial charge is 0.333 e. The van der Waals surface area contributed by atoms with Crippen LogP contribution in [0.25, 0.3) is 0 Å². The van der Waals surface area contributed by atoms with Gasteiger partial charge in [0.05, 0.1) is 51.5 Å². The van der Waals surface area contributed by atoms with Crippen LogP contribution in [0.3, 0.4) is 0 Å². The standard InChI is InChI=1S/C21H26N4O4S.C20H24N4O4S.C19H22N4O5S.C19H26N4O4S/c1-21(2)11-25-19(29-12-21)17(10-22-25)30(27,28)24-20(26)23-18-15-7-3-5-13(15)9-14-6-4-8-16(14)18;25-20(22-18-15-7-3-5-13(15)11-14-6-4-8-16(14)18)23-29(26,27)17-12-21-24-9-1-2-10-28-19(17)24;24-13-9-23-18(28-10-13)16(8-20-23)29(26,27)22-19(25)21-17-14-5-1-3-11(14)7-12-4-2-6-15(12)17;24-19(22-28(25,26)16-11-20-23-8-3-9-27-18(16)23)21-17-14-6-1-4-12(14)10-13-5-2-7-15(13)17/h9-10H,3-8,11-12H2,1-2H3,(H2,23,24,26);11-12H,1-10H2,(H2,22,23,25);7-8,13,24H,1-6,9-10H2,(H2,21,22,25);10,16,18,20H,1-9,11H2,(H2,21,22,24). The Balaban J connectivity index is 0.000000111. The number of sulfonamides is 4. The van der Waals surface area contributed by atoms with Crippen molar-refractivity contribution in [1.29, 1.82) is 0 Å². The van der Waals surface area contributed by atoms with Crippen molar-refractivity contribution in [1.82, 2.24) is 58.7 Å². The Hall–Kier alpha value is -9.37. The van der Waals surface area contributed by atoms with E-state index in [1.807, 2.05) is 18.9 Å². The molecular weight excluding hydrogens is 1570 g/mol. The molecule has 3 aromatic heterocycles. The molecule has 2 saturated heterocycles. The monoisotopic (exact) mass is 1670 g/mol. The maximum Gasteiger partial charge on any atom is 0.333 e. The van der Waals surface area contributed by atoms with Crippen molar-refractivity contribution in [3.8, 4) is 17.6 Å². The van der Waals surface area contributed by atoms with Crippen LogP contribution in [0, 0.1) is 5.41 Å². The zero-order chi connectivity index (χ0) is 80.6. The average molecular weight is 1670 g/mol. The summed E-state index contributed by atoms with van der Waals surface area (Å²) >= 11 is 0. The lowest BCUT2D eigenvalue weighted by atomic mass is 9.94. The molecule has 2 fully saturated rings. The summed E-state index contributed by atoms with van der Waals surface area (Å²) in [5.74, 6) is 0.400. The highest BCUT2D eigenvalue weighted by Gasteiger charge is 2.46. The molecule has 13 aliphatic rings. The number of carbonyl (C=O) groups is 4. The van der Waals surface area contributed by atoms with E-state index in [1.54, 1.807) is 0 Å². The SMILES string of the molecule is CC1(C)COc2c(S(=O)(=O)NC(=O)Nc3c4c(cc5c3CCC5)CCC4)cnn2C1.O=C(Nc1c2c(cc3c1CCC3)CCC2)NS(=O)(=O)C1CNN2CCCOC12.O=C(Nc1c2c(cc3c1CCC3)CCC2)NS(=O)(=O)c1cnn2c1OCC(O)C2.O=C(Nc1c2c(cc3c1CCC3)CCC2)NS(=O)(=O)c1cnn2c1OCCCC2. The first kappa shape index (κ1) is 79.1. The van der Waals surface area contributed by atoms with Crippen molar-refractivity contribution >= 4 is 87.0 Å². The maximum absolute atomic E-state index is 12.9. The molecular formula is C79H98N16O17S4. The molecule has 37 heteroatoms. The fraction of sp³-hybridized carbons (Fsp3) is 0.532. The van der Waals surface area contributed by atoms with Crippen LogP contribution in [0.5, 0.6) is 17.6 Å². The van der Waals surface area contributed by atoms with Gasteiger partial charge in [-0.1, -0.05) is 38.1 Å². The highest BCUT2D eigenvalue weighted by molar-refractivity contribution is 7.91. The van der Waals surface area contributed by atoms with Crippen LogP contribution in [0.15, 0.2) is 57.5 Å². The van der Waals surface area contributed by atoms with E-state index < -0.39 is 81.8 Å². The number of aliphatic hydroxyl groups is 1. The van der Waals surface area contributed by atoms with Gasteiger partial charge in [0.2, 0.25) is 27.7 Å². The number of hydrogen-bond acceptors (Lipinski definition) is 22. The van der Waals surface area contributed by atoms with Gasteiger partial charge in [-0.15, -0.1) is 0 Å². The van der Waals surface area contributed by atoms with E-state index in [0.29, 0.717) is 32.9 Å². The number of rotatable bonds is 12. The quantitative estimate of drug-likeness (QED) is 0.0565. The topological polar surface area (TPSA) is 427 Å². The molecule has 3 unspecified atom stereocenters. The van der Waals surface area contributed by atoms with Crippen molar-refractivity contribution in [3.63, 3.8) is 0 Å². The van der Waals surface area contributed by atoms with Crippen molar-refractivity contribution in [2.75, 3.05) is 60.8 Å². The molecule has 620 valence electrons. The number of urea groups is 4. The Morgan fingerprint density at radius 2 is 0.793 bits per heavy atom. The van der Waals surface area contributed by atoms with E-state index in [1.165, 1.54) is 82.1 Å². The normalized spacial score (nSPS) is 20.7. The van der Waals surface area contributed by atoms with Gasteiger partial charge in [-0.05, 0) is 262 Å². The maximum atomic E-state index is 12.9. The number of aliphatic hydroxyl groups excluding tert-OH is 1. The summed E-state index contributed by atoms with van der Waals surface area (Å²) in [5, 5.41) is 34.2. The Morgan fingerprint density at radius 3 is 1.20 bits per heavy atom. The van der Waals surface area contributed by atoms with E-state index in [2.05, 4.69) is 85.1 Å². The number of anilines is 4. The number of aryl methyl sites for hydroxylation is 9. The first-order valence-corrected chi connectivity index (χ1v) is 46.6. The molecule has 7 aromatic rings. The van der Waals surface area contributed by atoms with Gasteiger partial charge in [0.25, 0.3) is 30.1 Å². The van der Waals surface area contributed by atoms with Crippen molar-refractivity contribution in [2.24, 2.45) is 5.41 Å². The van der Waals surface area contributed by atoms with Gasteiger partial charge in [0.1, 0.15) is 24.2 Å². The summed E-state index contributed by atoms with van der Waals surface area (Å²) in [6.07, 6.45) is 28.7. The first-order chi connectivity index (χ1) is 55.7. The summed E-state index contributed by atoms with van der Waals surface area (Å²) in [4.78, 5) is 50.3. The summed E-state index contributed by atoms with van der Waals surface area (Å²) in [6, 6.07) is 6.10. The van der Waals surface area contributed by atoms with Gasteiger partial charge in [0.15, 0.2) is 14.7 Å². The minimum atomic E-state index is -4.18. The lowest BCUT2D eigenvalue weighted by Gasteiger charge is -2.31. The number of fused-ring (bicyclic) bond motifs is 12. The molecule has 0 saturated carbocycles. The Morgan fingerprint density at radius 1 is 0.431 bits per heavy atom. The number of carbonyl (C=O) groups excluding carboxylic acids is 4. The van der Waals surface area contributed by atoms with E-state index >= 15 is 0 Å². The van der Waals surface area contributed by atoms with Gasteiger partial charge >= 0.3 is 24.1 Å². The second-order valence-electron chi connectivity index (χ2n) is 32.9. The number of amides is 8. The molecule has 5 aliphatic heterocycles. The Kier molecular flexibility index (Phi) is 21.7. The highest BCUT2D eigenvalue weighted by atomic mass is 32.2. The summed E-state index contributed by atoms with van der Waals surface area (Å²) in [5.41, 5.74) is 25.6. The number of hydrazine groups is 1. The summed E-state index contributed by atoms with van der Waals surface area (Å²) in [6.45, 7) is 7.63. The molecule has 0 radical (unpaired) electrons. The second kappa shape index (κ2) is 31.8. The van der Waals surface area contributed by atoms with Crippen LogP contribution in [-0.2, 0) is 167 Å². The number of aromatic nitrogens is 6. The van der Waals surface area contributed by atoms with E-state index in [-0.39, 0.29) is 57.4 Å². The second-order valence-corrected chi connectivity index (χ2v) is 39.8. The Labute approximate surface area is 673 Å². The molecule has 116 heavy (non-hydrogen) atoms. The summed E-state index contributed by atoms with van der Waals surface area (Å²) < 4.78 is 138. The van der Waals surface area contributed by atoms with Crippen LogP contribution >= 0.6 is 0 Å². The van der Waals surface area contributed by atoms with E-state index in [4.69, 9.17) is 18.9 Å². The van der Waals surface area contributed by atoms with E-state index in [9.17, 15) is 58.0 Å². The van der Waals surface area contributed by atoms with Crippen molar-refractivity contribution in [3.05, 3.63) is 132 Å². The van der Waals surface area contributed by atoms with Crippen molar-refractivity contribution < 1.29 is 76.9 Å². The molecule has 10 N–H and O–H groups in total. The highest BCUT2D eigenvalue weighted by Crippen LogP contribution is 2.44. The van der Waals surface area contributed by atoms with Crippen molar-refractivity contribution in [2.45, 2.75) is 239 Å². The molecule has 8 aliphatic carbocycles. The van der Waals surface area contributed by atoms with Crippen LogP contribution in [0.4, 0.5) is 41.9 Å². The largest absolute Gasteiger partial charge is 0.477 e. The summed E-state index contributed by atoms with van der Waals surface area (Å²) in [7, 11) is -16.3. The predicted molar refractivity (Wildman–Crippen MR) is 426 cm³/mol. The molecule has 0 spiro atoms.